The van der Waals surface area contributed by atoms with Crippen molar-refractivity contribution in [1.82, 2.24) is 39.2 Å². The van der Waals surface area contributed by atoms with Crippen molar-refractivity contribution in [3.63, 3.8) is 0 Å². The number of para-hydroxylation sites is 2. The smallest absolute Gasteiger partial charge is 0.322 e. The lowest BCUT2D eigenvalue weighted by atomic mass is 10.0. The second-order valence-electron chi connectivity index (χ2n) is 22.9. The molecule has 432 valence electrons. The Morgan fingerprint density at radius 2 is 0.787 bits per heavy atom. The Bertz CT molecular complexity index is 2760. The van der Waals surface area contributed by atoms with Crippen molar-refractivity contribution in [3.05, 3.63) is 112 Å². The zero-order chi connectivity index (χ0) is 56.3. The molecule has 8 aliphatic rings. The van der Waals surface area contributed by atoms with E-state index < -0.39 is 0 Å². The summed E-state index contributed by atoms with van der Waals surface area (Å²) in [6, 6.07) is 26.0. The average molecular weight is 1120 g/mol. The van der Waals surface area contributed by atoms with Crippen molar-refractivity contribution in [2.24, 2.45) is 0 Å². The summed E-state index contributed by atoms with van der Waals surface area (Å²) in [6.07, 6.45) is 11.8. The number of nitrogens with zero attached hydrogens (tertiary/aromatic N) is 8. The molecular weight excluding hydrogens is 1040 g/mol. The molecule has 0 aromatic heterocycles. The summed E-state index contributed by atoms with van der Waals surface area (Å²) in [5.74, 6) is 0.497. The number of ether oxygens (including phenoxy) is 1. The lowest BCUT2D eigenvalue weighted by Gasteiger charge is -2.36. The van der Waals surface area contributed by atoms with Crippen molar-refractivity contribution in [2.45, 2.75) is 101 Å². The topological polar surface area (TPSA) is 152 Å². The van der Waals surface area contributed by atoms with Gasteiger partial charge in [-0.2, -0.15) is 0 Å². The Morgan fingerprint density at radius 1 is 0.425 bits per heavy atom. The normalized spacial score (nSPS) is 21.2. The standard InChI is InChI=1S/C16H23N3O2.C15H20ClN3O.C15H20FN3O.C15H21N3O/c1-18-8-6-13(7-9-18)19-10-5-12-11-14(21-2)3-4-15(12)17-16(19)20;1-18-7-5-13(6-8-18)19-9-4-11-10-12(16)2-3-14(11)17-15(19)20;1-18-8-6-12(7-9-18)19-10-5-11-3-2-4-13(16)14(11)17-15(19)20;1-17-9-7-13(8-10-17)18-11-6-12-4-2-3-5-14(12)16-15(18)19/h3-4,11,13H,5-10H2,1-2H3,(H,17,20);2-3,10,13H,4-9H2,1H3,(H,17,20);2-4,12H,5-10H2,1H3,(H,17,20);2-5,13H,6-11H2,1H3,(H,16,19). The maximum Gasteiger partial charge on any atom is 0.322 e. The Hall–Kier alpha value is -6.18. The first-order valence-corrected chi connectivity index (χ1v) is 29.4. The first kappa shape index (κ1) is 58.5. The number of likely N-dealkylation sites (tertiary alicyclic amines) is 4. The predicted octanol–water partition coefficient (Wildman–Crippen LogP) is 9.48. The minimum atomic E-state index is -0.346. The number of methoxy groups -OCH3 is 1. The average Bonchev–Trinajstić information content (AvgIpc) is 3.91. The molecule has 0 radical (unpaired) electrons. The number of benzene rings is 4. The number of amides is 8. The summed E-state index contributed by atoms with van der Waals surface area (Å²) in [5, 5.41) is 12.6. The molecule has 4 aromatic rings. The summed E-state index contributed by atoms with van der Waals surface area (Å²) in [5.41, 5.74) is 7.54. The summed E-state index contributed by atoms with van der Waals surface area (Å²) in [7, 11) is 10.2. The van der Waals surface area contributed by atoms with Crippen LogP contribution in [0, 0.1) is 5.82 Å². The molecule has 8 aliphatic heterocycles. The van der Waals surface area contributed by atoms with E-state index in [9.17, 15) is 23.6 Å². The highest BCUT2D eigenvalue weighted by atomic mass is 35.5. The molecule has 4 fully saturated rings. The van der Waals surface area contributed by atoms with Crippen molar-refractivity contribution in [1.29, 1.82) is 0 Å². The number of fused-ring (bicyclic) bond motifs is 4. The van der Waals surface area contributed by atoms with E-state index in [-0.39, 0.29) is 36.0 Å². The summed E-state index contributed by atoms with van der Waals surface area (Å²) >= 11 is 6.04. The van der Waals surface area contributed by atoms with Crippen LogP contribution in [0.2, 0.25) is 5.02 Å². The minimum Gasteiger partial charge on any atom is -0.497 e. The fourth-order valence-corrected chi connectivity index (χ4v) is 12.6. The molecule has 4 aromatic carbocycles. The maximum absolute atomic E-state index is 13.8. The third-order valence-electron chi connectivity index (χ3n) is 17.5. The van der Waals surface area contributed by atoms with Crippen LogP contribution in [-0.4, -0.2) is 201 Å². The highest BCUT2D eigenvalue weighted by Gasteiger charge is 2.33. The second-order valence-corrected chi connectivity index (χ2v) is 23.3. The molecule has 8 amide bonds. The molecule has 17 nitrogen and oxygen atoms in total. The van der Waals surface area contributed by atoms with E-state index in [1.165, 1.54) is 11.6 Å². The number of piperidine rings is 4. The van der Waals surface area contributed by atoms with Gasteiger partial charge in [-0.25, -0.2) is 23.6 Å². The van der Waals surface area contributed by atoms with Gasteiger partial charge in [-0.15, -0.1) is 0 Å². The SMILES string of the molecule is CN1CCC(N2CCc3cc(Cl)ccc3NC2=O)CC1.CN1CCC(N2CCc3cccc(F)c3NC2=O)CC1.CN1CCC(N2CCc3ccccc3NC2=O)CC1.COc1ccc2c(c1)CCN(C1CCN(C)CC1)C(=O)N2. The summed E-state index contributed by atoms with van der Waals surface area (Å²) < 4.78 is 19.1. The zero-order valence-corrected chi connectivity index (χ0v) is 48.4. The molecule has 0 unspecified atom stereocenters. The van der Waals surface area contributed by atoms with Gasteiger partial charge in [0.15, 0.2) is 0 Å². The number of anilines is 4. The molecule has 8 heterocycles. The van der Waals surface area contributed by atoms with Crippen LogP contribution >= 0.6 is 11.6 Å². The lowest BCUT2D eigenvalue weighted by Crippen LogP contribution is -2.48. The van der Waals surface area contributed by atoms with Crippen molar-refractivity contribution < 1.29 is 28.3 Å². The molecule has 4 saturated heterocycles. The van der Waals surface area contributed by atoms with E-state index in [0.29, 0.717) is 36.8 Å². The molecule has 0 saturated carbocycles. The molecule has 80 heavy (non-hydrogen) atoms. The second kappa shape index (κ2) is 27.5. The van der Waals surface area contributed by atoms with Crippen LogP contribution in [0.3, 0.4) is 0 Å². The van der Waals surface area contributed by atoms with E-state index in [0.717, 1.165) is 187 Å². The molecule has 0 aliphatic carbocycles. The van der Waals surface area contributed by atoms with Gasteiger partial charge in [0.05, 0.1) is 12.8 Å². The fraction of sp³-hybridized carbons (Fsp3) is 0.541. The van der Waals surface area contributed by atoms with Crippen LogP contribution in [0.1, 0.15) is 73.6 Å². The quantitative estimate of drug-likeness (QED) is 0.153. The molecule has 0 spiro atoms. The lowest BCUT2D eigenvalue weighted by molar-refractivity contribution is 0.141. The van der Waals surface area contributed by atoms with Gasteiger partial charge in [-0.1, -0.05) is 41.9 Å². The molecule has 19 heteroatoms. The Balaban J connectivity index is 0.000000129. The van der Waals surface area contributed by atoms with Gasteiger partial charge in [0.25, 0.3) is 0 Å². The summed E-state index contributed by atoms with van der Waals surface area (Å²) in [4.78, 5) is 66.8. The molecule has 4 N–H and O–H groups in total. The van der Waals surface area contributed by atoms with Gasteiger partial charge in [0.1, 0.15) is 11.6 Å². The molecule has 0 atom stereocenters. The minimum absolute atomic E-state index is 0.0284. The number of nitrogens with one attached hydrogen (secondary N) is 4. The number of rotatable bonds is 5. The van der Waals surface area contributed by atoms with Crippen molar-refractivity contribution >= 4 is 58.5 Å². The highest BCUT2D eigenvalue weighted by Crippen LogP contribution is 2.31. The zero-order valence-electron chi connectivity index (χ0n) is 47.7. The largest absolute Gasteiger partial charge is 0.497 e. The van der Waals surface area contributed by atoms with Crippen LogP contribution in [0.15, 0.2) is 78.9 Å². The van der Waals surface area contributed by atoms with Gasteiger partial charge in [-0.3, -0.25) is 0 Å². The predicted molar refractivity (Wildman–Crippen MR) is 317 cm³/mol. The Labute approximate surface area is 478 Å². The van der Waals surface area contributed by atoms with Gasteiger partial charge in [0.2, 0.25) is 0 Å². The van der Waals surface area contributed by atoms with E-state index in [2.05, 4.69) is 75.1 Å². The number of carbonyl (C=O) groups is 4. The maximum atomic E-state index is 13.8. The number of urea groups is 4. The van der Waals surface area contributed by atoms with Crippen LogP contribution in [0.5, 0.6) is 5.75 Å². The third-order valence-corrected chi connectivity index (χ3v) is 17.7. The van der Waals surface area contributed by atoms with E-state index >= 15 is 0 Å². The number of hydrogen-bond acceptors (Lipinski definition) is 9. The van der Waals surface area contributed by atoms with Crippen LogP contribution in [0.25, 0.3) is 0 Å². The van der Waals surface area contributed by atoms with E-state index in [4.69, 9.17) is 16.3 Å². The van der Waals surface area contributed by atoms with E-state index in [1.807, 2.05) is 80.3 Å². The first-order valence-electron chi connectivity index (χ1n) is 29.0. The van der Waals surface area contributed by atoms with Gasteiger partial charge in [-0.05, 0) is 228 Å². The van der Waals surface area contributed by atoms with Crippen LogP contribution < -0.4 is 26.0 Å². The third kappa shape index (κ3) is 15.0. The van der Waals surface area contributed by atoms with Gasteiger partial charge >= 0.3 is 24.1 Å². The first-order chi connectivity index (χ1) is 38.7. The van der Waals surface area contributed by atoms with E-state index in [1.54, 1.807) is 13.2 Å². The van der Waals surface area contributed by atoms with Crippen molar-refractivity contribution in [3.8, 4) is 5.75 Å². The Morgan fingerprint density at radius 3 is 1.24 bits per heavy atom. The highest BCUT2D eigenvalue weighted by molar-refractivity contribution is 6.30. The monoisotopic (exact) mass is 1120 g/mol. The van der Waals surface area contributed by atoms with Gasteiger partial charge in [0, 0.05) is 72.4 Å². The number of halogens is 2. The van der Waals surface area contributed by atoms with Gasteiger partial charge < -0.3 is 65.2 Å². The van der Waals surface area contributed by atoms with Crippen molar-refractivity contribution in [2.75, 3.05) is 135 Å². The van der Waals surface area contributed by atoms with Crippen LogP contribution in [0.4, 0.5) is 46.3 Å². The number of hydrogen-bond donors (Lipinski definition) is 4. The van der Waals surface area contributed by atoms with Crippen LogP contribution in [-0.2, 0) is 25.7 Å². The fourth-order valence-electron chi connectivity index (χ4n) is 12.4. The summed E-state index contributed by atoms with van der Waals surface area (Å²) in [6.45, 7) is 11.5. The number of carbonyl (C=O) groups excluding carboxylic acids is 4. The molecule has 12 rings (SSSR count). The molecule has 0 bridgehead atoms. The molecular formula is C61H84ClFN12O5. The Kier molecular flexibility index (Phi) is 20.1.